The molecule has 0 aromatic rings. The van der Waals surface area contributed by atoms with E-state index >= 15 is 0 Å². The minimum absolute atomic E-state index is 0.167. The van der Waals surface area contributed by atoms with E-state index in [1.807, 2.05) is 11.8 Å². The smallest absolute Gasteiger partial charge is 0.213 e. The number of thioether (sulfide) groups is 1. The number of hydrogen-bond acceptors (Lipinski definition) is 4. The average Bonchev–Trinajstić information content (AvgIpc) is 3.00. The van der Waals surface area contributed by atoms with Crippen LogP contribution < -0.4 is 10.0 Å². The lowest BCUT2D eigenvalue weighted by molar-refractivity contribution is 0.549. The minimum Gasteiger partial charge on any atom is -0.313 e. The molecule has 0 spiro atoms. The number of sulfonamides is 1. The van der Waals surface area contributed by atoms with Crippen molar-refractivity contribution in [2.45, 2.75) is 56.4 Å². The normalized spacial score (nSPS) is 28.7. The standard InChI is InChI=1S/C12H24N2O2S2/c1-2-17-12-6-5-11(9-12)14-18(15,16)8-7-13-10-3-4-10/h10-14H,2-9H2,1H3. The fourth-order valence-electron chi connectivity index (χ4n) is 2.43. The van der Waals surface area contributed by atoms with Crippen LogP contribution >= 0.6 is 11.8 Å². The fourth-order valence-corrected chi connectivity index (χ4v) is 4.80. The quantitative estimate of drug-likeness (QED) is 0.709. The van der Waals surface area contributed by atoms with Gasteiger partial charge in [-0.2, -0.15) is 11.8 Å². The third kappa shape index (κ3) is 5.07. The zero-order chi connectivity index (χ0) is 13.0. The SMILES string of the molecule is CCSC1CCC(NS(=O)(=O)CCNC2CC2)C1. The lowest BCUT2D eigenvalue weighted by Gasteiger charge is -2.13. The first-order chi connectivity index (χ1) is 8.59. The number of hydrogen-bond donors (Lipinski definition) is 2. The van der Waals surface area contributed by atoms with E-state index in [0.717, 1.165) is 25.0 Å². The maximum Gasteiger partial charge on any atom is 0.213 e. The second kappa shape index (κ2) is 6.59. The van der Waals surface area contributed by atoms with Crippen LogP contribution in [-0.2, 0) is 10.0 Å². The predicted octanol–water partition coefficient (Wildman–Crippen LogP) is 1.33. The molecular formula is C12H24N2O2S2. The molecule has 0 aromatic heterocycles. The van der Waals surface area contributed by atoms with Crippen LogP contribution in [0.1, 0.15) is 39.0 Å². The minimum atomic E-state index is -3.09. The summed E-state index contributed by atoms with van der Waals surface area (Å²) < 4.78 is 26.6. The molecule has 2 atom stereocenters. The average molecular weight is 292 g/mol. The van der Waals surface area contributed by atoms with Crippen molar-refractivity contribution in [3.05, 3.63) is 0 Å². The number of rotatable bonds is 8. The van der Waals surface area contributed by atoms with Crippen LogP contribution in [0.15, 0.2) is 0 Å². The first-order valence-electron chi connectivity index (χ1n) is 6.94. The second-order valence-corrected chi connectivity index (χ2v) is 8.70. The Labute approximate surface area is 115 Å². The van der Waals surface area contributed by atoms with Gasteiger partial charge >= 0.3 is 0 Å². The summed E-state index contributed by atoms with van der Waals surface area (Å²) in [6.45, 7) is 2.74. The van der Waals surface area contributed by atoms with Gasteiger partial charge in [0.25, 0.3) is 0 Å². The molecule has 18 heavy (non-hydrogen) atoms. The highest BCUT2D eigenvalue weighted by atomic mass is 32.2. The highest BCUT2D eigenvalue weighted by Crippen LogP contribution is 2.29. The third-order valence-corrected chi connectivity index (χ3v) is 6.18. The van der Waals surface area contributed by atoms with Crippen LogP contribution in [0.25, 0.3) is 0 Å². The topological polar surface area (TPSA) is 58.2 Å². The van der Waals surface area contributed by atoms with Gasteiger partial charge < -0.3 is 5.32 Å². The van der Waals surface area contributed by atoms with E-state index in [9.17, 15) is 8.42 Å². The van der Waals surface area contributed by atoms with Crippen molar-refractivity contribution in [1.82, 2.24) is 10.0 Å². The molecule has 0 bridgehead atoms. The Morgan fingerprint density at radius 1 is 1.17 bits per heavy atom. The molecule has 0 aromatic carbocycles. The zero-order valence-electron chi connectivity index (χ0n) is 11.0. The summed E-state index contributed by atoms with van der Waals surface area (Å²) >= 11 is 1.95. The summed E-state index contributed by atoms with van der Waals surface area (Å²) in [6.07, 6.45) is 5.53. The zero-order valence-corrected chi connectivity index (χ0v) is 12.7. The van der Waals surface area contributed by atoms with Gasteiger partial charge in [-0.1, -0.05) is 6.92 Å². The van der Waals surface area contributed by atoms with Crippen LogP contribution in [0, 0.1) is 0 Å². The summed E-state index contributed by atoms with van der Waals surface area (Å²) in [5.74, 6) is 1.33. The van der Waals surface area contributed by atoms with Crippen molar-refractivity contribution in [3.8, 4) is 0 Å². The Morgan fingerprint density at radius 3 is 2.56 bits per heavy atom. The molecule has 0 aliphatic heterocycles. The van der Waals surface area contributed by atoms with Gasteiger partial charge in [-0.3, -0.25) is 0 Å². The van der Waals surface area contributed by atoms with Crippen molar-refractivity contribution in [1.29, 1.82) is 0 Å². The first kappa shape index (κ1) is 14.6. The molecule has 0 amide bonds. The Bertz CT molecular complexity index is 355. The van der Waals surface area contributed by atoms with Gasteiger partial charge in [0.2, 0.25) is 10.0 Å². The van der Waals surface area contributed by atoms with Crippen LogP contribution in [0.5, 0.6) is 0 Å². The first-order valence-corrected chi connectivity index (χ1v) is 9.64. The monoisotopic (exact) mass is 292 g/mol. The molecule has 2 aliphatic carbocycles. The van der Waals surface area contributed by atoms with Crippen LogP contribution in [0.4, 0.5) is 0 Å². The van der Waals surface area contributed by atoms with Crippen molar-refractivity contribution in [2.75, 3.05) is 18.1 Å². The van der Waals surface area contributed by atoms with Crippen molar-refractivity contribution in [2.24, 2.45) is 0 Å². The summed E-state index contributed by atoms with van der Waals surface area (Å²) in [4.78, 5) is 0. The van der Waals surface area contributed by atoms with Gasteiger partial charge in [0, 0.05) is 23.9 Å². The van der Waals surface area contributed by atoms with E-state index in [2.05, 4.69) is 17.0 Å². The van der Waals surface area contributed by atoms with E-state index in [1.54, 1.807) is 0 Å². The van der Waals surface area contributed by atoms with Crippen LogP contribution in [-0.4, -0.2) is 43.8 Å². The largest absolute Gasteiger partial charge is 0.313 e. The lowest BCUT2D eigenvalue weighted by atomic mass is 10.3. The maximum absolute atomic E-state index is 11.9. The molecule has 106 valence electrons. The molecule has 0 heterocycles. The summed E-state index contributed by atoms with van der Waals surface area (Å²) in [5, 5.41) is 3.89. The molecule has 0 saturated heterocycles. The molecule has 2 fully saturated rings. The molecule has 2 rings (SSSR count). The van der Waals surface area contributed by atoms with Crippen molar-refractivity contribution >= 4 is 21.8 Å². The van der Waals surface area contributed by atoms with Crippen molar-refractivity contribution in [3.63, 3.8) is 0 Å². The van der Waals surface area contributed by atoms with Gasteiger partial charge in [0.15, 0.2) is 0 Å². The highest BCUT2D eigenvalue weighted by molar-refractivity contribution is 7.99. The molecule has 2 N–H and O–H groups in total. The Balaban J connectivity index is 1.67. The molecule has 0 radical (unpaired) electrons. The lowest BCUT2D eigenvalue weighted by Crippen LogP contribution is -2.38. The number of nitrogens with one attached hydrogen (secondary N) is 2. The van der Waals surface area contributed by atoms with Gasteiger partial charge in [-0.25, -0.2) is 13.1 Å². The predicted molar refractivity (Wildman–Crippen MR) is 77.5 cm³/mol. The molecular weight excluding hydrogens is 268 g/mol. The third-order valence-electron chi connectivity index (χ3n) is 3.51. The molecule has 2 saturated carbocycles. The van der Waals surface area contributed by atoms with E-state index < -0.39 is 10.0 Å². The summed E-state index contributed by atoms with van der Waals surface area (Å²) in [6, 6.07) is 0.747. The Kier molecular flexibility index (Phi) is 5.35. The molecule has 2 unspecified atom stereocenters. The molecule has 6 heteroatoms. The van der Waals surface area contributed by atoms with E-state index in [0.29, 0.717) is 17.8 Å². The van der Waals surface area contributed by atoms with Gasteiger partial charge in [0.1, 0.15) is 0 Å². The fraction of sp³-hybridized carbons (Fsp3) is 1.00. The van der Waals surface area contributed by atoms with Crippen LogP contribution in [0.3, 0.4) is 0 Å². The van der Waals surface area contributed by atoms with Gasteiger partial charge in [0.05, 0.1) is 5.75 Å². The van der Waals surface area contributed by atoms with Gasteiger partial charge in [-0.15, -0.1) is 0 Å². The Morgan fingerprint density at radius 2 is 1.89 bits per heavy atom. The summed E-state index contributed by atoms with van der Waals surface area (Å²) in [7, 11) is -3.09. The Hall–Kier alpha value is 0.220. The highest BCUT2D eigenvalue weighted by Gasteiger charge is 2.28. The summed E-state index contributed by atoms with van der Waals surface area (Å²) in [5.41, 5.74) is 0. The maximum atomic E-state index is 11.9. The van der Waals surface area contributed by atoms with Crippen molar-refractivity contribution < 1.29 is 8.42 Å². The molecule has 4 nitrogen and oxygen atoms in total. The van der Waals surface area contributed by atoms with E-state index in [4.69, 9.17) is 0 Å². The second-order valence-electron chi connectivity index (χ2n) is 5.25. The van der Waals surface area contributed by atoms with Crippen LogP contribution in [0.2, 0.25) is 0 Å². The van der Waals surface area contributed by atoms with E-state index in [-0.39, 0.29) is 11.8 Å². The van der Waals surface area contributed by atoms with Gasteiger partial charge in [-0.05, 0) is 37.9 Å². The van der Waals surface area contributed by atoms with E-state index in [1.165, 1.54) is 12.8 Å². The molecule has 2 aliphatic rings.